The van der Waals surface area contributed by atoms with Crippen LogP contribution >= 0.6 is 15.9 Å². The first-order chi connectivity index (χ1) is 7.24. The second kappa shape index (κ2) is 10.8. The first-order valence-electron chi connectivity index (χ1n) is 5.18. The SMILES string of the molecule is COCCCN(CCOC)CC(O)CBr. The molecular formula is C10H22BrNO3. The molecule has 0 radical (unpaired) electrons. The molecule has 1 unspecified atom stereocenters. The van der Waals surface area contributed by atoms with E-state index in [0.29, 0.717) is 18.5 Å². The summed E-state index contributed by atoms with van der Waals surface area (Å²) in [6, 6.07) is 0. The summed E-state index contributed by atoms with van der Waals surface area (Å²) in [5.41, 5.74) is 0. The van der Waals surface area contributed by atoms with Crippen molar-refractivity contribution in [1.29, 1.82) is 0 Å². The van der Waals surface area contributed by atoms with Gasteiger partial charge in [0.05, 0.1) is 12.7 Å². The maximum atomic E-state index is 9.52. The third-order valence-corrected chi connectivity index (χ3v) is 2.83. The van der Waals surface area contributed by atoms with Crippen LogP contribution in [0.25, 0.3) is 0 Å². The highest BCUT2D eigenvalue weighted by Crippen LogP contribution is 1.98. The van der Waals surface area contributed by atoms with Gasteiger partial charge < -0.3 is 14.6 Å². The van der Waals surface area contributed by atoms with E-state index in [1.807, 2.05) is 0 Å². The molecule has 0 aliphatic carbocycles. The zero-order chi connectivity index (χ0) is 11.5. The highest BCUT2D eigenvalue weighted by atomic mass is 79.9. The predicted octanol–water partition coefficient (Wildman–Crippen LogP) is 0.727. The number of aliphatic hydroxyl groups excluding tert-OH is 1. The first kappa shape index (κ1) is 15.3. The van der Waals surface area contributed by atoms with Gasteiger partial charge in [-0.2, -0.15) is 0 Å². The van der Waals surface area contributed by atoms with Crippen molar-refractivity contribution in [3.63, 3.8) is 0 Å². The molecule has 1 N–H and O–H groups in total. The molecule has 0 fully saturated rings. The summed E-state index contributed by atoms with van der Waals surface area (Å²) < 4.78 is 10.0. The van der Waals surface area contributed by atoms with Crippen molar-refractivity contribution in [1.82, 2.24) is 4.90 Å². The predicted molar refractivity (Wildman–Crippen MR) is 64.6 cm³/mol. The van der Waals surface area contributed by atoms with Gasteiger partial charge in [-0.25, -0.2) is 0 Å². The van der Waals surface area contributed by atoms with E-state index in [1.54, 1.807) is 14.2 Å². The van der Waals surface area contributed by atoms with Crippen molar-refractivity contribution in [3.8, 4) is 0 Å². The summed E-state index contributed by atoms with van der Waals surface area (Å²) in [7, 11) is 3.39. The lowest BCUT2D eigenvalue weighted by Gasteiger charge is -2.23. The monoisotopic (exact) mass is 283 g/mol. The molecule has 0 aliphatic heterocycles. The van der Waals surface area contributed by atoms with Gasteiger partial charge in [-0.1, -0.05) is 15.9 Å². The molecule has 4 nitrogen and oxygen atoms in total. The summed E-state index contributed by atoms with van der Waals surface area (Å²) in [4.78, 5) is 2.19. The molecule has 0 bridgehead atoms. The molecular weight excluding hydrogens is 262 g/mol. The molecule has 0 aliphatic rings. The molecule has 92 valence electrons. The number of methoxy groups -OCH3 is 2. The number of aliphatic hydroxyl groups is 1. The molecule has 0 saturated carbocycles. The number of nitrogens with zero attached hydrogens (tertiary/aromatic N) is 1. The second-order valence-electron chi connectivity index (χ2n) is 3.45. The van der Waals surface area contributed by atoms with Crippen LogP contribution < -0.4 is 0 Å². The van der Waals surface area contributed by atoms with Crippen LogP contribution in [-0.2, 0) is 9.47 Å². The molecule has 0 spiro atoms. The summed E-state index contributed by atoms with van der Waals surface area (Å²) in [5.74, 6) is 0. The summed E-state index contributed by atoms with van der Waals surface area (Å²) in [6.45, 7) is 3.92. The van der Waals surface area contributed by atoms with Gasteiger partial charge in [0.15, 0.2) is 0 Å². The van der Waals surface area contributed by atoms with Crippen LogP contribution in [0.3, 0.4) is 0 Å². The maximum Gasteiger partial charge on any atom is 0.0763 e. The third kappa shape index (κ3) is 9.26. The Morgan fingerprint density at radius 1 is 1.20 bits per heavy atom. The molecule has 0 aromatic heterocycles. The zero-order valence-electron chi connectivity index (χ0n) is 9.62. The standard InChI is InChI=1S/C10H22BrNO3/c1-14-6-3-4-12(5-7-15-2)9-10(13)8-11/h10,13H,3-9H2,1-2H3. The van der Waals surface area contributed by atoms with Crippen LogP contribution in [0.15, 0.2) is 0 Å². The Kier molecular flexibility index (Phi) is 11.1. The van der Waals surface area contributed by atoms with E-state index in [2.05, 4.69) is 20.8 Å². The van der Waals surface area contributed by atoms with Crippen LogP contribution in [0.1, 0.15) is 6.42 Å². The highest BCUT2D eigenvalue weighted by molar-refractivity contribution is 9.09. The van der Waals surface area contributed by atoms with Crippen LogP contribution in [-0.4, -0.2) is 68.5 Å². The Hall–Kier alpha value is 0.320. The van der Waals surface area contributed by atoms with E-state index in [4.69, 9.17) is 9.47 Å². The van der Waals surface area contributed by atoms with Crippen LogP contribution in [0, 0.1) is 0 Å². The Bertz CT molecular complexity index is 138. The quantitative estimate of drug-likeness (QED) is 0.474. The van der Waals surface area contributed by atoms with E-state index < -0.39 is 0 Å². The number of hydrogen-bond acceptors (Lipinski definition) is 4. The van der Waals surface area contributed by atoms with E-state index in [9.17, 15) is 5.11 Å². The average molecular weight is 284 g/mol. The van der Waals surface area contributed by atoms with Gasteiger partial charge in [0.1, 0.15) is 0 Å². The van der Waals surface area contributed by atoms with Gasteiger partial charge >= 0.3 is 0 Å². The van der Waals surface area contributed by atoms with Gasteiger partial charge in [0.25, 0.3) is 0 Å². The molecule has 0 amide bonds. The van der Waals surface area contributed by atoms with Gasteiger partial charge in [0.2, 0.25) is 0 Å². The van der Waals surface area contributed by atoms with Crippen molar-refractivity contribution in [2.45, 2.75) is 12.5 Å². The first-order valence-corrected chi connectivity index (χ1v) is 6.31. The molecule has 0 saturated heterocycles. The highest BCUT2D eigenvalue weighted by Gasteiger charge is 2.09. The molecule has 0 aromatic carbocycles. The normalized spacial score (nSPS) is 13.4. The van der Waals surface area contributed by atoms with Crippen molar-refractivity contribution < 1.29 is 14.6 Å². The molecule has 5 heteroatoms. The Morgan fingerprint density at radius 3 is 2.40 bits per heavy atom. The Balaban J connectivity index is 3.72. The van der Waals surface area contributed by atoms with Crippen LogP contribution in [0.2, 0.25) is 0 Å². The van der Waals surface area contributed by atoms with E-state index >= 15 is 0 Å². The minimum absolute atomic E-state index is 0.315. The number of alkyl halides is 1. The van der Waals surface area contributed by atoms with Gasteiger partial charge in [-0.15, -0.1) is 0 Å². The molecule has 1 atom stereocenters. The number of hydrogen-bond donors (Lipinski definition) is 1. The fraction of sp³-hybridized carbons (Fsp3) is 1.00. The van der Waals surface area contributed by atoms with Gasteiger partial charge in [-0.3, -0.25) is 4.90 Å². The summed E-state index contributed by atoms with van der Waals surface area (Å²) >= 11 is 3.26. The molecule has 0 heterocycles. The largest absolute Gasteiger partial charge is 0.391 e. The van der Waals surface area contributed by atoms with Crippen molar-refractivity contribution >= 4 is 15.9 Å². The number of rotatable bonds is 10. The lowest BCUT2D eigenvalue weighted by atomic mass is 10.3. The molecule has 15 heavy (non-hydrogen) atoms. The maximum absolute atomic E-state index is 9.52. The number of halogens is 1. The Labute approximate surface area is 101 Å². The minimum atomic E-state index is -0.315. The van der Waals surface area contributed by atoms with E-state index in [1.165, 1.54) is 0 Å². The molecule has 0 rings (SSSR count). The van der Waals surface area contributed by atoms with Gasteiger partial charge in [-0.05, 0) is 6.42 Å². The Morgan fingerprint density at radius 2 is 1.87 bits per heavy atom. The average Bonchev–Trinajstić information content (AvgIpc) is 2.25. The van der Waals surface area contributed by atoms with E-state index in [-0.39, 0.29) is 6.10 Å². The summed E-state index contributed by atoms with van der Waals surface area (Å²) in [5, 5.41) is 10.1. The van der Waals surface area contributed by atoms with Crippen molar-refractivity contribution in [2.24, 2.45) is 0 Å². The minimum Gasteiger partial charge on any atom is -0.391 e. The second-order valence-corrected chi connectivity index (χ2v) is 4.10. The summed E-state index contributed by atoms with van der Waals surface area (Å²) in [6.07, 6.45) is 0.666. The number of ether oxygens (including phenoxy) is 2. The smallest absolute Gasteiger partial charge is 0.0763 e. The molecule has 0 aromatic rings. The lowest BCUT2D eigenvalue weighted by molar-refractivity contribution is 0.0922. The van der Waals surface area contributed by atoms with E-state index in [0.717, 1.165) is 26.1 Å². The fourth-order valence-corrected chi connectivity index (χ4v) is 1.50. The fourth-order valence-electron chi connectivity index (χ4n) is 1.29. The zero-order valence-corrected chi connectivity index (χ0v) is 11.2. The van der Waals surface area contributed by atoms with Crippen molar-refractivity contribution in [3.05, 3.63) is 0 Å². The van der Waals surface area contributed by atoms with Crippen molar-refractivity contribution in [2.75, 3.05) is 52.4 Å². The van der Waals surface area contributed by atoms with Crippen LogP contribution in [0.4, 0.5) is 0 Å². The van der Waals surface area contributed by atoms with Gasteiger partial charge in [0, 0.05) is 45.8 Å². The topological polar surface area (TPSA) is 41.9 Å². The van der Waals surface area contributed by atoms with Crippen LogP contribution in [0.5, 0.6) is 0 Å². The third-order valence-electron chi connectivity index (χ3n) is 2.08. The lowest BCUT2D eigenvalue weighted by Crippen LogP contribution is -2.36.